The Morgan fingerprint density at radius 1 is 1.00 bits per heavy atom. The van der Waals surface area contributed by atoms with Gasteiger partial charge in [-0.05, 0) is 14.1 Å². The molecule has 2 rings (SSSR count). The zero-order chi connectivity index (χ0) is 25.1. The highest BCUT2D eigenvalue weighted by atomic mass is 32.2. The average molecular weight is 492 g/mol. The molecular formula is C14H27N12O4S2-. The van der Waals surface area contributed by atoms with E-state index in [1.54, 1.807) is 14.1 Å². The van der Waals surface area contributed by atoms with Gasteiger partial charge in [-0.25, -0.2) is 4.99 Å². The average Bonchev–Trinajstić information content (AvgIpc) is 3.22. The summed E-state index contributed by atoms with van der Waals surface area (Å²) in [5.41, 5.74) is 20.3. The molecule has 16 nitrogen and oxygen atoms in total. The summed E-state index contributed by atoms with van der Waals surface area (Å²) in [5, 5.41) is 30.4. The highest BCUT2D eigenvalue weighted by Crippen LogP contribution is 2.07. The van der Waals surface area contributed by atoms with Gasteiger partial charge in [0.1, 0.15) is 11.7 Å². The highest BCUT2D eigenvalue weighted by Gasteiger charge is 2.16. The van der Waals surface area contributed by atoms with E-state index in [1.807, 2.05) is 0 Å². The van der Waals surface area contributed by atoms with E-state index < -0.39 is 0 Å². The fraction of sp³-hybridized carbons (Fsp3) is 0.429. The fourth-order valence-corrected chi connectivity index (χ4v) is 2.36. The molecule has 2 aliphatic rings. The first kappa shape index (κ1) is 31.0. The molecule has 0 aromatic heterocycles. The van der Waals surface area contributed by atoms with Crippen molar-refractivity contribution in [1.82, 2.24) is 16.0 Å². The van der Waals surface area contributed by atoms with Crippen molar-refractivity contribution in [3.05, 3.63) is 0 Å². The maximum Gasteiger partial charge on any atom is 0.286 e. The second kappa shape index (κ2) is 18.5. The van der Waals surface area contributed by atoms with Crippen LogP contribution in [-0.2, 0) is 9.59 Å². The maximum absolute atomic E-state index is 10.1. The Bertz CT molecular complexity index is 723. The number of nitrogens with two attached hydrogens (primary N) is 4. The van der Waals surface area contributed by atoms with Crippen molar-refractivity contribution < 1.29 is 19.5 Å². The standard InChI is InChI=1S/2C4H11N5.2C3H3NO2S/c2*1-8-2-3(5)9-4(6)7;2*5-2-1-7-3(6)4-2/h2*8H,2H2,1H3,(H5,5,6,7,9);2*1H2,(H,4,5,6)/p-1. The number of hydrogen-bond donors (Lipinski definition) is 9. The van der Waals surface area contributed by atoms with Gasteiger partial charge in [0.05, 0.1) is 24.6 Å². The van der Waals surface area contributed by atoms with Crippen molar-refractivity contribution in [2.75, 3.05) is 38.7 Å². The molecule has 0 bridgehead atoms. The number of hydrogen-bond acceptors (Lipinski definition) is 10. The third kappa shape index (κ3) is 21.5. The van der Waals surface area contributed by atoms with Gasteiger partial charge in [0, 0.05) is 5.23 Å². The summed E-state index contributed by atoms with van der Waals surface area (Å²) in [6.45, 7) is 0.916. The molecule has 13 N–H and O–H groups in total. The van der Waals surface area contributed by atoms with Crippen LogP contribution in [-0.4, -0.2) is 84.6 Å². The molecule has 1 saturated heterocycles. The normalized spacial score (nSPS) is 15.2. The predicted octanol–water partition coefficient (Wildman–Crippen LogP) is -4.14. The number of carbonyl (C=O) groups is 3. The van der Waals surface area contributed by atoms with Crippen LogP contribution in [0.5, 0.6) is 0 Å². The third-order valence-electron chi connectivity index (χ3n) is 2.35. The number of aliphatic imine (C=N–C) groups is 3. The molecule has 3 amide bonds. The third-order valence-corrected chi connectivity index (χ3v) is 3.86. The predicted molar refractivity (Wildman–Crippen MR) is 126 cm³/mol. The molecule has 0 saturated carbocycles. The first-order valence-electron chi connectivity index (χ1n) is 8.42. The molecule has 0 aromatic rings. The van der Waals surface area contributed by atoms with E-state index in [2.05, 4.69) is 30.9 Å². The summed E-state index contributed by atoms with van der Waals surface area (Å²) < 4.78 is 0. The van der Waals surface area contributed by atoms with Crippen molar-refractivity contribution in [2.45, 2.75) is 0 Å². The molecule has 0 unspecified atom stereocenters. The van der Waals surface area contributed by atoms with E-state index in [0.29, 0.717) is 30.5 Å². The van der Waals surface area contributed by atoms with Crippen LogP contribution in [0.2, 0.25) is 0 Å². The molecule has 180 valence electrons. The number of rotatable bonds is 4. The monoisotopic (exact) mass is 491 g/mol. The van der Waals surface area contributed by atoms with Crippen LogP contribution in [0, 0.1) is 10.8 Å². The topological polar surface area (TPSA) is 299 Å². The van der Waals surface area contributed by atoms with Gasteiger partial charge in [-0.3, -0.25) is 30.5 Å². The van der Waals surface area contributed by atoms with Crippen molar-refractivity contribution >= 4 is 69.4 Å². The number of thioether (sulfide) groups is 2. The second-order valence-corrected chi connectivity index (χ2v) is 7.10. The molecule has 32 heavy (non-hydrogen) atoms. The van der Waals surface area contributed by atoms with Gasteiger partial charge in [-0.2, -0.15) is 9.98 Å². The number of likely N-dealkylation sites (N-methyl/N-ethyl adjacent to an activating group) is 2. The van der Waals surface area contributed by atoms with E-state index in [-0.39, 0.29) is 40.0 Å². The Hall–Kier alpha value is -3.22. The number of guanidine groups is 2. The molecule has 0 spiro atoms. The lowest BCUT2D eigenvalue weighted by Gasteiger charge is -1.95. The van der Waals surface area contributed by atoms with Gasteiger partial charge in [0.15, 0.2) is 0 Å². The van der Waals surface area contributed by atoms with E-state index in [4.69, 9.17) is 33.8 Å². The summed E-state index contributed by atoms with van der Waals surface area (Å²) >= 11 is 1.96. The molecule has 0 radical (unpaired) electrons. The molecule has 2 heterocycles. The maximum atomic E-state index is 10.1. The minimum Gasteiger partial charge on any atom is -0.854 e. The lowest BCUT2D eigenvalue weighted by atomic mass is 10.6. The minimum atomic E-state index is -0.356. The SMILES string of the molecule is CNCC(N)=NC(=N)N.CNCC(N)=NC(=N)N.O=C1CSC(=O)N1.O=C1CSC([O-])=N1. The molecule has 1 fully saturated rings. The van der Waals surface area contributed by atoms with E-state index in [9.17, 15) is 19.5 Å². The fourth-order valence-electron chi connectivity index (χ4n) is 1.36. The van der Waals surface area contributed by atoms with Crippen molar-refractivity contribution in [2.24, 2.45) is 37.9 Å². The summed E-state index contributed by atoms with van der Waals surface area (Å²) in [6.07, 6.45) is 0. The zero-order valence-electron chi connectivity index (χ0n) is 17.4. The van der Waals surface area contributed by atoms with Crippen LogP contribution < -0.4 is 44.0 Å². The van der Waals surface area contributed by atoms with Gasteiger partial charge < -0.3 is 38.7 Å². The Labute approximate surface area is 192 Å². The summed E-state index contributed by atoms with van der Waals surface area (Å²) in [6, 6.07) is 0. The second-order valence-electron chi connectivity index (χ2n) is 5.22. The smallest absolute Gasteiger partial charge is 0.286 e. The van der Waals surface area contributed by atoms with Gasteiger partial charge in [-0.1, -0.05) is 11.8 Å². The van der Waals surface area contributed by atoms with Crippen LogP contribution in [0.25, 0.3) is 0 Å². The Kier molecular flexibility index (Phi) is 17.9. The molecule has 2 aliphatic heterocycles. The zero-order valence-corrected chi connectivity index (χ0v) is 19.1. The van der Waals surface area contributed by atoms with Crippen LogP contribution in [0.3, 0.4) is 0 Å². The molecule has 18 heteroatoms. The quantitative estimate of drug-likeness (QED) is 0.134. The van der Waals surface area contributed by atoms with Crippen LogP contribution >= 0.6 is 23.5 Å². The van der Waals surface area contributed by atoms with Gasteiger partial charge in [-0.15, -0.1) is 11.8 Å². The number of amidine groups is 2. The lowest BCUT2D eigenvalue weighted by Crippen LogP contribution is -2.28. The van der Waals surface area contributed by atoms with Crippen LogP contribution in [0.4, 0.5) is 4.79 Å². The number of amides is 3. The molecule has 0 atom stereocenters. The van der Waals surface area contributed by atoms with Gasteiger partial charge >= 0.3 is 0 Å². The van der Waals surface area contributed by atoms with Gasteiger partial charge in [0.25, 0.3) is 11.1 Å². The number of carbonyl (C=O) groups excluding carboxylic acids is 3. The largest absolute Gasteiger partial charge is 0.854 e. The first-order chi connectivity index (χ1) is 14.9. The molecular weight excluding hydrogens is 464 g/mol. The van der Waals surface area contributed by atoms with Crippen LogP contribution in [0.1, 0.15) is 0 Å². The Morgan fingerprint density at radius 3 is 1.62 bits per heavy atom. The summed E-state index contributed by atoms with van der Waals surface area (Å²) in [7, 11) is 3.48. The Balaban J connectivity index is 0. The van der Waals surface area contributed by atoms with E-state index >= 15 is 0 Å². The first-order valence-corrected chi connectivity index (χ1v) is 10.4. The minimum absolute atomic E-state index is 0.185. The molecule has 0 aromatic carbocycles. The number of nitrogens with one attached hydrogen (secondary N) is 5. The van der Waals surface area contributed by atoms with Crippen molar-refractivity contribution in [1.29, 1.82) is 10.8 Å². The van der Waals surface area contributed by atoms with Gasteiger partial charge in [0.2, 0.25) is 17.8 Å². The van der Waals surface area contributed by atoms with Crippen molar-refractivity contribution in [3.8, 4) is 0 Å². The Morgan fingerprint density at radius 2 is 1.47 bits per heavy atom. The summed E-state index contributed by atoms with van der Waals surface area (Å²) in [4.78, 5) is 40.2. The number of nitrogens with zero attached hydrogens (tertiary/aromatic N) is 3. The number of imide groups is 1. The molecule has 0 aliphatic carbocycles. The summed E-state index contributed by atoms with van der Waals surface area (Å²) in [5.74, 6) is 0.156. The van der Waals surface area contributed by atoms with Crippen molar-refractivity contribution in [3.63, 3.8) is 0 Å². The highest BCUT2D eigenvalue weighted by molar-refractivity contribution is 8.14. The van der Waals surface area contributed by atoms with E-state index in [0.717, 1.165) is 23.5 Å². The lowest BCUT2D eigenvalue weighted by molar-refractivity contribution is -0.205. The van der Waals surface area contributed by atoms with E-state index in [1.165, 1.54) is 0 Å². The van der Waals surface area contributed by atoms with Crippen LogP contribution in [0.15, 0.2) is 15.0 Å².